The highest BCUT2D eigenvalue weighted by Crippen LogP contribution is 2.41. The number of nitrogens with zero attached hydrogens (tertiary/aromatic N) is 5. The molecule has 7 nitrogen and oxygen atoms in total. The van der Waals surface area contributed by atoms with E-state index in [9.17, 15) is 5.11 Å². The van der Waals surface area contributed by atoms with Crippen LogP contribution in [-0.2, 0) is 6.54 Å². The quantitative estimate of drug-likeness (QED) is 0.297. The zero-order chi connectivity index (χ0) is 26.8. The van der Waals surface area contributed by atoms with Gasteiger partial charge in [0.1, 0.15) is 0 Å². The van der Waals surface area contributed by atoms with Gasteiger partial charge in [-0.3, -0.25) is 0 Å². The van der Waals surface area contributed by atoms with Crippen molar-refractivity contribution in [2.75, 3.05) is 69.1 Å². The maximum atomic E-state index is 9.79. The van der Waals surface area contributed by atoms with Crippen molar-refractivity contribution < 1.29 is 5.11 Å². The molecule has 0 amide bonds. The smallest absolute Gasteiger partial charge is 0.0989 e. The second-order valence-corrected chi connectivity index (χ2v) is 11.3. The summed E-state index contributed by atoms with van der Waals surface area (Å²) in [5.74, 6) is 0. The first-order valence-electron chi connectivity index (χ1n) is 15.1. The first-order chi connectivity index (χ1) is 19.2. The maximum Gasteiger partial charge on any atom is 0.0989 e. The van der Waals surface area contributed by atoms with Crippen molar-refractivity contribution in [2.45, 2.75) is 52.2 Å². The number of aliphatic hydroxyl groups is 1. The van der Waals surface area contributed by atoms with Gasteiger partial charge >= 0.3 is 0 Å². The molecule has 6 rings (SSSR count). The molecule has 208 valence electrons. The fourth-order valence-electron chi connectivity index (χ4n) is 6.65. The highest BCUT2D eigenvalue weighted by Gasteiger charge is 2.25. The highest BCUT2D eigenvalue weighted by molar-refractivity contribution is 6.17. The molecule has 2 aromatic heterocycles. The van der Waals surface area contributed by atoms with Crippen LogP contribution >= 0.6 is 0 Å². The lowest BCUT2D eigenvalue weighted by Crippen LogP contribution is -2.38. The lowest BCUT2D eigenvalue weighted by atomic mass is 10.1. The molecule has 2 N–H and O–H groups in total. The average Bonchev–Trinajstić information content (AvgIpc) is 3.13. The van der Waals surface area contributed by atoms with E-state index in [0.717, 1.165) is 101 Å². The van der Waals surface area contributed by atoms with Gasteiger partial charge in [-0.25, -0.2) is 4.98 Å². The van der Waals surface area contributed by atoms with Gasteiger partial charge in [0, 0.05) is 62.3 Å². The molecule has 1 fully saturated rings. The molecular formula is C32H44N6O. The minimum atomic E-state index is -0.118. The molecule has 0 saturated carbocycles. The van der Waals surface area contributed by atoms with E-state index < -0.39 is 0 Å². The summed E-state index contributed by atoms with van der Waals surface area (Å²) in [6.07, 6.45) is 3.97. The summed E-state index contributed by atoms with van der Waals surface area (Å²) < 4.78 is 2.53. The Labute approximate surface area is 232 Å². The topological polar surface area (TPSA) is 59.8 Å². The van der Waals surface area contributed by atoms with Crippen LogP contribution in [0, 0.1) is 0 Å². The van der Waals surface area contributed by atoms with Gasteiger partial charge < -0.3 is 29.7 Å². The van der Waals surface area contributed by atoms with Crippen molar-refractivity contribution in [3.63, 3.8) is 0 Å². The van der Waals surface area contributed by atoms with E-state index in [-0.39, 0.29) is 6.10 Å². The second kappa shape index (κ2) is 11.7. The number of anilines is 2. The van der Waals surface area contributed by atoms with E-state index in [1.807, 2.05) is 0 Å². The van der Waals surface area contributed by atoms with E-state index in [4.69, 9.17) is 4.98 Å². The monoisotopic (exact) mass is 528 g/mol. The van der Waals surface area contributed by atoms with Crippen LogP contribution in [0.3, 0.4) is 0 Å². The van der Waals surface area contributed by atoms with Crippen molar-refractivity contribution in [3.8, 4) is 0 Å². The fourth-order valence-corrected chi connectivity index (χ4v) is 6.65. The molecule has 0 radical (unpaired) electrons. The van der Waals surface area contributed by atoms with E-state index in [1.54, 1.807) is 0 Å². The van der Waals surface area contributed by atoms with Crippen LogP contribution in [-0.4, -0.2) is 89.5 Å². The van der Waals surface area contributed by atoms with Crippen molar-refractivity contribution in [1.82, 2.24) is 19.4 Å². The first kappa shape index (κ1) is 26.4. The number of para-hydroxylation sites is 1. The van der Waals surface area contributed by atoms with Crippen LogP contribution in [0.2, 0.25) is 0 Å². The van der Waals surface area contributed by atoms with Gasteiger partial charge in [-0.15, -0.1) is 0 Å². The fraction of sp³-hybridized carbons (Fsp3) is 0.531. The molecule has 0 bridgehead atoms. The third kappa shape index (κ3) is 5.32. The largest absolute Gasteiger partial charge is 0.393 e. The Morgan fingerprint density at radius 1 is 0.974 bits per heavy atom. The molecule has 0 unspecified atom stereocenters. The van der Waals surface area contributed by atoms with Crippen molar-refractivity contribution in [1.29, 1.82) is 0 Å². The van der Waals surface area contributed by atoms with E-state index >= 15 is 0 Å². The Balaban J connectivity index is 1.33. The zero-order valence-corrected chi connectivity index (χ0v) is 23.7. The molecule has 7 heteroatoms. The Morgan fingerprint density at radius 3 is 2.62 bits per heavy atom. The number of rotatable bonds is 10. The standard InChI is InChI=1S/C32H44N6O/c1-3-35(4-2)16-7-17-37-18-8-19-38-29-12-11-24(33-15-22-36-20-13-25(39)14-21-36)23-27(29)30-32(38)31(37)26-9-5-6-10-28(26)34-30/h5-6,9-12,23,25,33,39H,3-4,7-8,13-22H2,1-2H3. The van der Waals surface area contributed by atoms with Crippen molar-refractivity contribution in [2.24, 2.45) is 0 Å². The van der Waals surface area contributed by atoms with Crippen LogP contribution < -0.4 is 10.2 Å². The van der Waals surface area contributed by atoms with Gasteiger partial charge in [0.05, 0.1) is 33.9 Å². The maximum absolute atomic E-state index is 9.79. The minimum Gasteiger partial charge on any atom is -0.393 e. The summed E-state index contributed by atoms with van der Waals surface area (Å²) in [4.78, 5) is 12.9. The summed E-state index contributed by atoms with van der Waals surface area (Å²) in [6, 6.07) is 15.5. The molecule has 4 heterocycles. The van der Waals surface area contributed by atoms with Crippen LogP contribution in [0.1, 0.15) is 39.5 Å². The molecule has 0 spiro atoms. The van der Waals surface area contributed by atoms with E-state index in [2.05, 4.69) is 80.9 Å². The number of aliphatic hydroxyl groups excluding tert-OH is 1. The van der Waals surface area contributed by atoms with Crippen molar-refractivity contribution >= 4 is 44.2 Å². The molecule has 1 saturated heterocycles. The molecule has 2 aliphatic heterocycles. The van der Waals surface area contributed by atoms with Gasteiger partial charge in [-0.1, -0.05) is 32.0 Å². The summed E-state index contributed by atoms with van der Waals surface area (Å²) in [5.41, 5.74) is 7.32. The van der Waals surface area contributed by atoms with Crippen LogP contribution in [0.25, 0.3) is 32.8 Å². The number of likely N-dealkylation sites (tertiary alicyclic amines) is 1. The van der Waals surface area contributed by atoms with Crippen LogP contribution in [0.15, 0.2) is 42.5 Å². The normalized spacial score (nSPS) is 17.1. The Morgan fingerprint density at radius 2 is 1.79 bits per heavy atom. The Hall–Kier alpha value is -2.87. The van der Waals surface area contributed by atoms with Gasteiger partial charge in [0.15, 0.2) is 0 Å². The Bertz CT molecular complexity index is 1420. The number of benzene rings is 2. The number of hydrogen-bond donors (Lipinski definition) is 2. The molecule has 39 heavy (non-hydrogen) atoms. The molecular weight excluding hydrogens is 484 g/mol. The number of fused-ring (bicyclic) bond motifs is 5. The molecule has 0 atom stereocenters. The van der Waals surface area contributed by atoms with E-state index in [0.29, 0.717) is 0 Å². The molecule has 4 aromatic rings. The lowest BCUT2D eigenvalue weighted by Gasteiger charge is -2.29. The second-order valence-electron chi connectivity index (χ2n) is 11.3. The highest BCUT2D eigenvalue weighted by atomic mass is 16.3. The predicted octanol–water partition coefficient (Wildman–Crippen LogP) is 5.15. The van der Waals surface area contributed by atoms with Crippen LogP contribution in [0.4, 0.5) is 11.4 Å². The summed E-state index contributed by atoms with van der Waals surface area (Å²) in [6.45, 7) is 14.9. The molecule has 2 aromatic carbocycles. The van der Waals surface area contributed by atoms with Gasteiger partial charge in [-0.2, -0.15) is 0 Å². The molecule has 0 aliphatic carbocycles. The Kier molecular flexibility index (Phi) is 7.91. The summed E-state index contributed by atoms with van der Waals surface area (Å²) in [5, 5.41) is 16.0. The SMILES string of the molecule is CCN(CC)CCCN1CCCn2c3ccc(NCCN4CCC(O)CC4)cc3c3nc4ccccc4c1c32. The van der Waals surface area contributed by atoms with Crippen molar-refractivity contribution in [3.05, 3.63) is 42.5 Å². The average molecular weight is 529 g/mol. The number of nitrogens with one attached hydrogen (secondary N) is 1. The molecule has 2 aliphatic rings. The zero-order valence-electron chi connectivity index (χ0n) is 23.7. The number of pyridine rings is 1. The third-order valence-electron chi connectivity index (χ3n) is 8.89. The van der Waals surface area contributed by atoms with Gasteiger partial charge in [0.2, 0.25) is 0 Å². The number of hydrogen-bond acceptors (Lipinski definition) is 6. The summed E-state index contributed by atoms with van der Waals surface area (Å²) in [7, 11) is 0. The van der Waals surface area contributed by atoms with Gasteiger partial charge in [-0.05, 0) is 69.6 Å². The number of piperidine rings is 1. The van der Waals surface area contributed by atoms with Crippen LogP contribution in [0.5, 0.6) is 0 Å². The number of aromatic nitrogens is 2. The third-order valence-corrected chi connectivity index (χ3v) is 8.89. The lowest BCUT2D eigenvalue weighted by molar-refractivity contribution is 0.0845. The predicted molar refractivity (Wildman–Crippen MR) is 164 cm³/mol. The summed E-state index contributed by atoms with van der Waals surface area (Å²) >= 11 is 0. The first-order valence-corrected chi connectivity index (χ1v) is 15.1. The number of aryl methyl sites for hydroxylation is 1. The van der Waals surface area contributed by atoms with Gasteiger partial charge in [0.25, 0.3) is 0 Å². The minimum absolute atomic E-state index is 0.118. The van der Waals surface area contributed by atoms with E-state index in [1.165, 1.54) is 33.9 Å².